The second-order valence-electron chi connectivity index (χ2n) is 7.28. The van der Waals surface area contributed by atoms with Gasteiger partial charge in [-0.3, -0.25) is 5.41 Å². The van der Waals surface area contributed by atoms with Gasteiger partial charge in [0.15, 0.2) is 0 Å². The van der Waals surface area contributed by atoms with Gasteiger partial charge in [-0.2, -0.15) is 0 Å². The van der Waals surface area contributed by atoms with E-state index < -0.39 is 0 Å². The highest BCUT2D eigenvalue weighted by Crippen LogP contribution is 2.39. The number of rotatable bonds is 3. The maximum Gasteiger partial charge on any atom is 0.0690 e. The second kappa shape index (κ2) is 6.48. The van der Waals surface area contributed by atoms with Gasteiger partial charge in [-0.15, -0.1) is 0 Å². The first-order chi connectivity index (χ1) is 11.8. The van der Waals surface area contributed by atoms with Crippen LogP contribution in [-0.2, 0) is 0 Å². The van der Waals surface area contributed by atoms with E-state index in [-0.39, 0.29) is 5.92 Å². The number of allylic oxidation sites excluding steroid dienone is 4. The number of hydrogen-bond donors (Lipinski definition) is 1. The third kappa shape index (κ3) is 2.89. The fraction of sp³-hybridized carbons (Fsp3) is 0.292. The van der Waals surface area contributed by atoms with Crippen molar-refractivity contribution in [1.82, 2.24) is 0 Å². The molecule has 1 atom stereocenters. The molecule has 0 aliphatic heterocycles. The molecular weight excluding hydrogens is 302 g/mol. The first kappa shape index (κ1) is 17.4. The first-order valence-electron chi connectivity index (χ1n) is 8.94. The molecule has 0 bridgehead atoms. The van der Waals surface area contributed by atoms with Crippen LogP contribution in [0.1, 0.15) is 60.1 Å². The highest BCUT2D eigenvalue weighted by atomic mass is 14.4. The molecule has 1 nitrogen and oxygen atoms in total. The molecule has 0 spiro atoms. The lowest BCUT2D eigenvalue weighted by Gasteiger charge is -2.19. The van der Waals surface area contributed by atoms with Crippen LogP contribution in [-0.4, -0.2) is 5.71 Å². The molecule has 0 amide bonds. The van der Waals surface area contributed by atoms with Crippen LogP contribution in [0.5, 0.6) is 0 Å². The molecule has 2 aromatic rings. The molecule has 0 heterocycles. The molecule has 0 fully saturated rings. The maximum absolute atomic E-state index is 8.91. The Morgan fingerprint density at radius 2 is 1.48 bits per heavy atom. The van der Waals surface area contributed by atoms with Gasteiger partial charge in [0.05, 0.1) is 5.71 Å². The molecule has 2 aromatic carbocycles. The normalized spacial score (nSPS) is 17.0. The van der Waals surface area contributed by atoms with Gasteiger partial charge in [0.2, 0.25) is 0 Å². The molecule has 0 radical (unpaired) electrons. The lowest BCUT2D eigenvalue weighted by Crippen LogP contribution is -2.10. The minimum Gasteiger partial charge on any atom is -0.300 e. The number of benzene rings is 2. The Kier molecular flexibility index (Phi) is 4.51. The Labute approximate surface area is 151 Å². The lowest BCUT2D eigenvalue weighted by molar-refractivity contribution is 0.997. The standard InChI is InChI=1S/C24H27N/c1-14-11-12-20(18(5)16(14)3)24(25)22-10-8-7-9-21(22)23-13-15(2)17(4)19(23)6/h7-13,23,25H,1-6H3. The van der Waals surface area contributed by atoms with E-state index in [4.69, 9.17) is 5.41 Å². The highest BCUT2D eigenvalue weighted by molar-refractivity contribution is 6.13. The minimum absolute atomic E-state index is 0.281. The zero-order valence-electron chi connectivity index (χ0n) is 16.1. The molecule has 0 saturated carbocycles. The number of aryl methyl sites for hydroxylation is 1. The fourth-order valence-electron chi connectivity index (χ4n) is 3.74. The summed E-state index contributed by atoms with van der Waals surface area (Å²) in [5.41, 5.74) is 11.8. The number of nitrogens with one attached hydrogen (secondary N) is 1. The van der Waals surface area contributed by atoms with Crippen molar-refractivity contribution in [3.63, 3.8) is 0 Å². The van der Waals surface area contributed by atoms with Crippen molar-refractivity contribution >= 4 is 5.71 Å². The monoisotopic (exact) mass is 329 g/mol. The van der Waals surface area contributed by atoms with E-state index in [1.165, 1.54) is 39.0 Å². The number of hydrogen-bond acceptors (Lipinski definition) is 1. The molecule has 1 unspecified atom stereocenters. The molecule has 3 rings (SSSR count). The molecule has 0 saturated heterocycles. The van der Waals surface area contributed by atoms with Gasteiger partial charge >= 0.3 is 0 Å². The summed E-state index contributed by atoms with van der Waals surface area (Å²) >= 11 is 0. The van der Waals surface area contributed by atoms with Crippen LogP contribution in [0.3, 0.4) is 0 Å². The van der Waals surface area contributed by atoms with Crippen molar-refractivity contribution in [1.29, 1.82) is 5.41 Å². The van der Waals surface area contributed by atoms with Crippen molar-refractivity contribution in [2.45, 2.75) is 47.5 Å². The van der Waals surface area contributed by atoms with Gasteiger partial charge in [-0.25, -0.2) is 0 Å². The molecular formula is C24H27N. The molecule has 1 heteroatoms. The highest BCUT2D eigenvalue weighted by Gasteiger charge is 2.24. The Balaban J connectivity index is 2.12. The van der Waals surface area contributed by atoms with Crippen molar-refractivity contribution in [2.75, 3.05) is 0 Å². The summed E-state index contributed by atoms with van der Waals surface area (Å²) in [5.74, 6) is 0.281. The van der Waals surface area contributed by atoms with Crippen molar-refractivity contribution in [2.24, 2.45) is 0 Å². The lowest BCUT2D eigenvalue weighted by atomic mass is 9.85. The Morgan fingerprint density at radius 1 is 0.800 bits per heavy atom. The van der Waals surface area contributed by atoms with Crippen LogP contribution >= 0.6 is 0 Å². The zero-order chi connectivity index (χ0) is 18.3. The average molecular weight is 329 g/mol. The predicted octanol–water partition coefficient (Wildman–Crippen LogP) is 6.41. The third-order valence-corrected chi connectivity index (χ3v) is 5.96. The third-order valence-electron chi connectivity index (χ3n) is 5.96. The summed E-state index contributed by atoms with van der Waals surface area (Å²) in [5, 5.41) is 8.91. The van der Waals surface area contributed by atoms with E-state index in [0.717, 1.165) is 11.1 Å². The molecule has 0 aromatic heterocycles. The van der Waals surface area contributed by atoms with Gasteiger partial charge in [0.1, 0.15) is 0 Å². The Hall–Kier alpha value is -2.41. The van der Waals surface area contributed by atoms with Crippen molar-refractivity contribution in [3.8, 4) is 0 Å². The molecule has 1 N–H and O–H groups in total. The van der Waals surface area contributed by atoms with E-state index in [0.29, 0.717) is 5.71 Å². The minimum atomic E-state index is 0.281. The van der Waals surface area contributed by atoms with Crippen LogP contribution in [0.4, 0.5) is 0 Å². The summed E-state index contributed by atoms with van der Waals surface area (Å²) < 4.78 is 0. The van der Waals surface area contributed by atoms with Crippen LogP contribution in [0, 0.1) is 26.2 Å². The van der Waals surface area contributed by atoms with Crippen molar-refractivity contribution < 1.29 is 0 Å². The van der Waals surface area contributed by atoms with Crippen molar-refractivity contribution in [3.05, 3.63) is 92.6 Å². The van der Waals surface area contributed by atoms with Gasteiger partial charge in [0.25, 0.3) is 0 Å². The van der Waals surface area contributed by atoms with Crippen LogP contribution in [0.15, 0.2) is 59.2 Å². The maximum atomic E-state index is 8.91. The van der Waals surface area contributed by atoms with Crippen LogP contribution < -0.4 is 0 Å². The van der Waals surface area contributed by atoms with E-state index >= 15 is 0 Å². The summed E-state index contributed by atoms with van der Waals surface area (Å²) in [7, 11) is 0. The van der Waals surface area contributed by atoms with Crippen LogP contribution in [0.25, 0.3) is 0 Å². The van der Waals surface area contributed by atoms with E-state index in [9.17, 15) is 0 Å². The van der Waals surface area contributed by atoms with E-state index in [1.807, 2.05) is 6.07 Å². The second-order valence-corrected chi connectivity index (χ2v) is 7.28. The van der Waals surface area contributed by atoms with Crippen LogP contribution in [0.2, 0.25) is 0 Å². The molecule has 1 aliphatic carbocycles. The predicted molar refractivity (Wildman–Crippen MR) is 108 cm³/mol. The summed E-state index contributed by atoms with van der Waals surface area (Å²) in [6.07, 6.45) is 2.34. The van der Waals surface area contributed by atoms with Gasteiger partial charge < -0.3 is 0 Å². The average Bonchev–Trinajstić information content (AvgIpc) is 2.86. The summed E-state index contributed by atoms with van der Waals surface area (Å²) in [6.45, 7) is 13.0. The largest absolute Gasteiger partial charge is 0.300 e. The SMILES string of the molecule is CC1=CC(c2ccccc2C(=N)c2ccc(C)c(C)c2C)C(C)=C1C. The summed E-state index contributed by atoms with van der Waals surface area (Å²) in [4.78, 5) is 0. The van der Waals surface area contributed by atoms with Gasteiger partial charge in [-0.05, 0) is 69.4 Å². The Bertz CT molecular complexity index is 925. The summed E-state index contributed by atoms with van der Waals surface area (Å²) in [6, 6.07) is 12.6. The quantitative estimate of drug-likeness (QED) is 0.629. The van der Waals surface area contributed by atoms with Gasteiger partial charge in [-0.1, -0.05) is 53.6 Å². The van der Waals surface area contributed by atoms with E-state index in [1.54, 1.807) is 0 Å². The topological polar surface area (TPSA) is 23.9 Å². The Morgan fingerprint density at radius 3 is 2.12 bits per heavy atom. The zero-order valence-corrected chi connectivity index (χ0v) is 16.1. The molecule has 128 valence electrons. The fourth-order valence-corrected chi connectivity index (χ4v) is 3.74. The molecule has 1 aliphatic rings. The van der Waals surface area contributed by atoms with Gasteiger partial charge in [0, 0.05) is 17.0 Å². The smallest absolute Gasteiger partial charge is 0.0690 e. The molecule has 25 heavy (non-hydrogen) atoms. The van der Waals surface area contributed by atoms with E-state index in [2.05, 4.69) is 78.0 Å². The first-order valence-corrected chi connectivity index (χ1v) is 8.94.